The van der Waals surface area contributed by atoms with E-state index in [0.717, 1.165) is 0 Å². The maximum atomic E-state index is 12.9. The Morgan fingerprint density at radius 3 is 2.06 bits per heavy atom. The number of amides is 3. The number of nitrogens with one attached hydrogen (secondary N) is 2. The van der Waals surface area contributed by atoms with Crippen LogP contribution in [-0.4, -0.2) is 75.5 Å². The number of carboxylic acids is 2. The number of carbonyl (C=O) groups excluding carboxylic acids is 3. The molecule has 0 bridgehead atoms. The van der Waals surface area contributed by atoms with E-state index in [1.807, 2.05) is 13.8 Å². The molecule has 4 unspecified atom stereocenters. The summed E-state index contributed by atoms with van der Waals surface area (Å²) in [6.45, 7) is 7.77. The summed E-state index contributed by atoms with van der Waals surface area (Å²) in [5, 5.41) is 23.2. The first-order valence-corrected chi connectivity index (χ1v) is 10.9. The topological polar surface area (TPSA) is 179 Å². The number of hydrogen-bond donors (Lipinski definition) is 5. The largest absolute Gasteiger partial charge is 0.481 e. The summed E-state index contributed by atoms with van der Waals surface area (Å²) in [4.78, 5) is 62.2. The van der Waals surface area contributed by atoms with Crippen molar-refractivity contribution >= 4 is 29.7 Å². The van der Waals surface area contributed by atoms with Gasteiger partial charge in [0.05, 0.1) is 12.5 Å². The Bertz CT molecular complexity index is 710. The van der Waals surface area contributed by atoms with Gasteiger partial charge in [-0.05, 0) is 37.5 Å². The molecule has 11 nitrogen and oxygen atoms in total. The van der Waals surface area contributed by atoms with Crippen molar-refractivity contribution in [2.24, 2.45) is 17.6 Å². The van der Waals surface area contributed by atoms with Gasteiger partial charge in [-0.15, -0.1) is 0 Å². The van der Waals surface area contributed by atoms with E-state index in [9.17, 15) is 29.1 Å². The monoisotopic (exact) mass is 456 g/mol. The Hall–Kier alpha value is -2.69. The smallest absolute Gasteiger partial charge is 0.326 e. The minimum atomic E-state index is -1.48. The standard InChI is InChI=1S/C21H36N4O7/c1-11(2)8-13(22)20(30)25-7-5-6-16(25)19(29)23-14(10-17(26)27)18(28)24-15(21(31)32)9-12(3)4/h11-16H,5-10,22H2,1-4H3,(H,23,29)(H,24,28)(H,26,27)(H,31,32). The Morgan fingerprint density at radius 2 is 1.56 bits per heavy atom. The van der Waals surface area contributed by atoms with Crippen LogP contribution in [0.15, 0.2) is 0 Å². The zero-order valence-corrected chi connectivity index (χ0v) is 19.2. The molecular weight excluding hydrogens is 420 g/mol. The van der Waals surface area contributed by atoms with E-state index in [1.165, 1.54) is 4.90 Å². The Labute approximate surface area is 188 Å². The Morgan fingerprint density at radius 1 is 0.969 bits per heavy atom. The Kier molecular flexibility index (Phi) is 10.6. The average Bonchev–Trinajstić information content (AvgIpc) is 3.14. The number of nitrogens with zero attached hydrogens (tertiary/aromatic N) is 1. The number of aliphatic carboxylic acids is 2. The van der Waals surface area contributed by atoms with Crippen molar-refractivity contribution in [1.29, 1.82) is 0 Å². The lowest BCUT2D eigenvalue weighted by Gasteiger charge is -2.29. The minimum absolute atomic E-state index is 0.0305. The van der Waals surface area contributed by atoms with Crippen LogP contribution in [0.4, 0.5) is 0 Å². The van der Waals surface area contributed by atoms with E-state index >= 15 is 0 Å². The molecule has 11 heteroatoms. The van der Waals surface area contributed by atoms with Gasteiger partial charge in [-0.25, -0.2) is 4.79 Å². The first-order valence-electron chi connectivity index (χ1n) is 10.9. The number of rotatable bonds is 12. The normalized spacial score (nSPS) is 18.8. The molecule has 0 aromatic heterocycles. The predicted octanol–water partition coefficient (Wildman–Crippen LogP) is -0.0742. The van der Waals surface area contributed by atoms with Gasteiger partial charge in [0.25, 0.3) is 0 Å². The number of hydrogen-bond acceptors (Lipinski definition) is 6. The van der Waals surface area contributed by atoms with E-state index in [2.05, 4.69) is 10.6 Å². The highest BCUT2D eigenvalue weighted by molar-refractivity contribution is 5.95. The van der Waals surface area contributed by atoms with Crippen molar-refractivity contribution in [3.8, 4) is 0 Å². The molecule has 1 rings (SSSR count). The summed E-state index contributed by atoms with van der Waals surface area (Å²) in [6, 6.07) is -4.31. The van der Waals surface area contributed by atoms with Crippen molar-refractivity contribution in [2.45, 2.75) is 84.0 Å². The van der Waals surface area contributed by atoms with Crippen molar-refractivity contribution in [3.05, 3.63) is 0 Å². The number of likely N-dealkylation sites (tertiary alicyclic amines) is 1. The second-order valence-corrected chi connectivity index (χ2v) is 9.11. The maximum absolute atomic E-state index is 12.9. The first-order chi connectivity index (χ1) is 14.8. The van der Waals surface area contributed by atoms with Crippen LogP contribution in [0.25, 0.3) is 0 Å². The second-order valence-electron chi connectivity index (χ2n) is 9.11. The molecule has 32 heavy (non-hydrogen) atoms. The van der Waals surface area contributed by atoms with Crippen LogP contribution in [0.5, 0.6) is 0 Å². The highest BCUT2D eigenvalue weighted by Crippen LogP contribution is 2.20. The van der Waals surface area contributed by atoms with Gasteiger partial charge in [0, 0.05) is 6.54 Å². The predicted molar refractivity (Wildman–Crippen MR) is 115 cm³/mol. The molecule has 1 fully saturated rings. The molecule has 0 aliphatic carbocycles. The van der Waals surface area contributed by atoms with E-state index in [0.29, 0.717) is 25.8 Å². The summed E-state index contributed by atoms with van der Waals surface area (Å²) in [6.07, 6.45) is 0.814. The molecule has 0 aromatic rings. The van der Waals surface area contributed by atoms with Crippen molar-refractivity contribution in [1.82, 2.24) is 15.5 Å². The summed E-state index contributed by atoms with van der Waals surface area (Å²) < 4.78 is 0. The summed E-state index contributed by atoms with van der Waals surface area (Å²) in [5.74, 6) is -4.35. The lowest BCUT2D eigenvalue weighted by atomic mass is 10.0. The molecule has 0 saturated carbocycles. The fourth-order valence-electron chi connectivity index (χ4n) is 3.74. The van der Waals surface area contributed by atoms with Gasteiger partial charge >= 0.3 is 11.9 Å². The van der Waals surface area contributed by atoms with Crippen LogP contribution in [-0.2, 0) is 24.0 Å². The first kappa shape index (κ1) is 27.3. The number of nitrogens with two attached hydrogens (primary N) is 1. The van der Waals surface area contributed by atoms with E-state index in [4.69, 9.17) is 10.8 Å². The van der Waals surface area contributed by atoms with Gasteiger partial charge < -0.3 is 31.5 Å². The molecule has 0 spiro atoms. The van der Waals surface area contributed by atoms with Crippen LogP contribution in [0.2, 0.25) is 0 Å². The Balaban J connectivity index is 2.92. The molecule has 0 radical (unpaired) electrons. The third-order valence-electron chi connectivity index (χ3n) is 5.21. The highest BCUT2D eigenvalue weighted by atomic mass is 16.4. The molecule has 1 aliphatic heterocycles. The van der Waals surface area contributed by atoms with Crippen LogP contribution in [0.3, 0.4) is 0 Å². The highest BCUT2D eigenvalue weighted by Gasteiger charge is 2.38. The zero-order valence-electron chi connectivity index (χ0n) is 19.2. The molecule has 1 aliphatic rings. The van der Waals surface area contributed by atoms with Crippen molar-refractivity contribution < 1.29 is 34.2 Å². The van der Waals surface area contributed by atoms with E-state index < -0.39 is 54.3 Å². The molecule has 3 amide bonds. The van der Waals surface area contributed by atoms with Crippen LogP contribution < -0.4 is 16.4 Å². The second kappa shape index (κ2) is 12.4. The SMILES string of the molecule is CC(C)CC(N)C(=O)N1CCCC1C(=O)NC(CC(=O)O)C(=O)NC(CC(C)C)C(=O)O. The quantitative estimate of drug-likeness (QED) is 0.270. The summed E-state index contributed by atoms with van der Waals surface area (Å²) in [7, 11) is 0. The van der Waals surface area contributed by atoms with Gasteiger partial charge in [-0.1, -0.05) is 27.7 Å². The van der Waals surface area contributed by atoms with Crippen LogP contribution in [0.1, 0.15) is 59.8 Å². The molecule has 0 aromatic carbocycles. The lowest BCUT2D eigenvalue weighted by molar-refractivity contribution is -0.145. The van der Waals surface area contributed by atoms with Crippen molar-refractivity contribution in [3.63, 3.8) is 0 Å². The van der Waals surface area contributed by atoms with Crippen LogP contribution >= 0.6 is 0 Å². The van der Waals surface area contributed by atoms with Crippen LogP contribution in [0, 0.1) is 11.8 Å². The number of carbonyl (C=O) groups is 5. The van der Waals surface area contributed by atoms with Gasteiger partial charge in [0.1, 0.15) is 18.1 Å². The van der Waals surface area contributed by atoms with Gasteiger partial charge in [-0.2, -0.15) is 0 Å². The molecule has 6 N–H and O–H groups in total. The maximum Gasteiger partial charge on any atom is 0.326 e. The van der Waals surface area contributed by atoms with E-state index in [-0.39, 0.29) is 24.2 Å². The lowest BCUT2D eigenvalue weighted by Crippen LogP contribution is -2.57. The third kappa shape index (κ3) is 8.45. The van der Waals surface area contributed by atoms with E-state index in [1.54, 1.807) is 13.8 Å². The minimum Gasteiger partial charge on any atom is -0.481 e. The van der Waals surface area contributed by atoms with Gasteiger partial charge in [0.2, 0.25) is 17.7 Å². The molecule has 182 valence electrons. The third-order valence-corrected chi connectivity index (χ3v) is 5.21. The zero-order chi connectivity index (χ0) is 24.6. The molecule has 1 saturated heterocycles. The summed E-state index contributed by atoms with van der Waals surface area (Å²) in [5.41, 5.74) is 5.98. The average molecular weight is 457 g/mol. The van der Waals surface area contributed by atoms with Gasteiger partial charge in [-0.3, -0.25) is 19.2 Å². The summed E-state index contributed by atoms with van der Waals surface area (Å²) >= 11 is 0. The molecular formula is C21H36N4O7. The van der Waals surface area contributed by atoms with Gasteiger partial charge in [0.15, 0.2) is 0 Å². The fourth-order valence-corrected chi connectivity index (χ4v) is 3.74. The molecule has 4 atom stereocenters. The number of carboxylic acid groups (broad SMARTS) is 2. The van der Waals surface area contributed by atoms with Crippen molar-refractivity contribution in [2.75, 3.05) is 6.54 Å². The fraction of sp³-hybridized carbons (Fsp3) is 0.762. The molecule has 1 heterocycles.